The predicted octanol–water partition coefficient (Wildman–Crippen LogP) is 5.17. The number of aromatic amines is 1. The molecule has 32 heavy (non-hydrogen) atoms. The Hall–Kier alpha value is -2.67. The summed E-state index contributed by atoms with van der Waals surface area (Å²) >= 11 is 12.5. The fourth-order valence-corrected chi connectivity index (χ4v) is 5.61. The van der Waals surface area contributed by atoms with Crippen LogP contribution in [0.4, 0.5) is 5.95 Å². The van der Waals surface area contributed by atoms with Gasteiger partial charge in [-0.05, 0) is 47.9 Å². The summed E-state index contributed by atoms with van der Waals surface area (Å²) in [7, 11) is 0. The summed E-state index contributed by atoms with van der Waals surface area (Å²) in [5.74, 6) is 1.33. The molecule has 1 atom stereocenters. The lowest BCUT2D eigenvalue weighted by Crippen LogP contribution is -2.44. The van der Waals surface area contributed by atoms with Crippen LogP contribution in [-0.4, -0.2) is 33.0 Å². The zero-order valence-electron chi connectivity index (χ0n) is 17.4. The molecule has 2 aromatic carbocycles. The molecule has 162 valence electrons. The van der Waals surface area contributed by atoms with E-state index in [1.54, 1.807) is 12.3 Å². The SMILES string of the molecule is N[C@@H]1c2ccccc2CC12CCN(c1ncc3[nH]c(-c4cccc(Cl)c4Cl)nc3n1)CC2. The van der Waals surface area contributed by atoms with Crippen LogP contribution in [0.3, 0.4) is 0 Å². The summed E-state index contributed by atoms with van der Waals surface area (Å²) in [6.07, 6.45) is 4.89. The van der Waals surface area contributed by atoms with Gasteiger partial charge < -0.3 is 15.6 Å². The molecule has 1 saturated heterocycles. The lowest BCUT2D eigenvalue weighted by Gasteiger charge is -2.42. The summed E-state index contributed by atoms with van der Waals surface area (Å²) in [5, 5.41) is 0.961. The van der Waals surface area contributed by atoms with E-state index in [2.05, 4.69) is 44.1 Å². The van der Waals surface area contributed by atoms with E-state index in [1.807, 2.05) is 12.1 Å². The summed E-state index contributed by atoms with van der Waals surface area (Å²) in [6, 6.07) is 14.2. The van der Waals surface area contributed by atoms with E-state index in [4.69, 9.17) is 33.9 Å². The highest BCUT2D eigenvalue weighted by Gasteiger charge is 2.46. The molecule has 8 heteroatoms. The first kappa shape index (κ1) is 20.0. The van der Waals surface area contributed by atoms with E-state index in [9.17, 15) is 0 Å². The van der Waals surface area contributed by atoms with Gasteiger partial charge in [-0.25, -0.2) is 9.97 Å². The fourth-order valence-electron chi connectivity index (χ4n) is 5.22. The van der Waals surface area contributed by atoms with Crippen LogP contribution in [0.2, 0.25) is 10.0 Å². The standard InChI is InChI=1S/C24H22Cl2N6/c25-17-7-3-6-16(19(17)26)21-29-18-13-28-23(31-22(18)30-21)32-10-8-24(9-11-32)12-14-4-1-2-5-15(14)20(24)27/h1-7,13,20H,8-12,27H2,(H,28,29,30,31)/t20-/m1/s1. The second-order valence-electron chi connectivity index (χ2n) is 8.80. The zero-order valence-corrected chi connectivity index (χ0v) is 18.9. The van der Waals surface area contributed by atoms with Crippen molar-refractivity contribution < 1.29 is 0 Å². The van der Waals surface area contributed by atoms with Crippen LogP contribution in [0.15, 0.2) is 48.7 Å². The van der Waals surface area contributed by atoms with E-state index >= 15 is 0 Å². The van der Waals surface area contributed by atoms with E-state index < -0.39 is 0 Å². The number of halogens is 2. The van der Waals surface area contributed by atoms with Crippen molar-refractivity contribution in [3.8, 4) is 11.4 Å². The molecule has 4 aromatic rings. The third-order valence-electron chi connectivity index (χ3n) is 7.07. The van der Waals surface area contributed by atoms with E-state index in [1.165, 1.54) is 11.1 Å². The van der Waals surface area contributed by atoms with Gasteiger partial charge in [-0.2, -0.15) is 4.98 Å². The van der Waals surface area contributed by atoms with Gasteiger partial charge in [0.05, 0.1) is 16.2 Å². The maximum Gasteiger partial charge on any atom is 0.227 e. The number of hydrogen-bond donors (Lipinski definition) is 2. The normalized spacial score (nSPS) is 19.6. The monoisotopic (exact) mass is 464 g/mol. The molecule has 2 aromatic heterocycles. The van der Waals surface area contributed by atoms with Crippen molar-refractivity contribution >= 4 is 40.3 Å². The Morgan fingerprint density at radius 1 is 1.03 bits per heavy atom. The summed E-state index contributed by atoms with van der Waals surface area (Å²) < 4.78 is 0. The number of piperidine rings is 1. The number of nitrogens with two attached hydrogens (primary N) is 1. The molecule has 0 radical (unpaired) electrons. The lowest BCUT2D eigenvalue weighted by molar-refractivity contribution is 0.187. The molecule has 1 fully saturated rings. The quantitative estimate of drug-likeness (QED) is 0.427. The Morgan fingerprint density at radius 2 is 1.84 bits per heavy atom. The first-order valence-corrected chi connectivity index (χ1v) is 11.6. The van der Waals surface area contributed by atoms with Crippen LogP contribution in [0, 0.1) is 5.41 Å². The number of H-pyrrole nitrogens is 1. The third kappa shape index (κ3) is 3.09. The van der Waals surface area contributed by atoms with Crippen molar-refractivity contribution in [1.29, 1.82) is 0 Å². The van der Waals surface area contributed by atoms with Crippen molar-refractivity contribution in [1.82, 2.24) is 19.9 Å². The largest absolute Gasteiger partial charge is 0.341 e. The summed E-state index contributed by atoms with van der Waals surface area (Å²) in [4.78, 5) is 19.5. The van der Waals surface area contributed by atoms with Crippen LogP contribution >= 0.6 is 23.2 Å². The number of hydrogen-bond acceptors (Lipinski definition) is 5. The van der Waals surface area contributed by atoms with Gasteiger partial charge in [0.2, 0.25) is 5.95 Å². The molecule has 0 unspecified atom stereocenters. The highest BCUT2D eigenvalue weighted by molar-refractivity contribution is 6.43. The lowest BCUT2D eigenvalue weighted by atomic mass is 9.73. The average molecular weight is 465 g/mol. The summed E-state index contributed by atoms with van der Waals surface area (Å²) in [6.45, 7) is 1.76. The van der Waals surface area contributed by atoms with Crippen LogP contribution in [0.5, 0.6) is 0 Å². The highest BCUT2D eigenvalue weighted by atomic mass is 35.5. The smallest absolute Gasteiger partial charge is 0.227 e. The van der Waals surface area contributed by atoms with Gasteiger partial charge >= 0.3 is 0 Å². The van der Waals surface area contributed by atoms with Crippen molar-refractivity contribution in [2.75, 3.05) is 18.0 Å². The van der Waals surface area contributed by atoms with E-state index in [0.29, 0.717) is 27.5 Å². The van der Waals surface area contributed by atoms with E-state index in [0.717, 1.165) is 43.4 Å². The molecule has 6 rings (SSSR count). The fraction of sp³-hybridized carbons (Fsp3) is 0.292. The van der Waals surface area contributed by atoms with Gasteiger partial charge in [0.1, 0.15) is 11.3 Å². The number of nitrogens with one attached hydrogen (secondary N) is 1. The second-order valence-corrected chi connectivity index (χ2v) is 9.58. The van der Waals surface area contributed by atoms with Gasteiger partial charge in [0.25, 0.3) is 0 Å². The Labute approximate surface area is 195 Å². The first-order valence-electron chi connectivity index (χ1n) is 10.8. The zero-order chi connectivity index (χ0) is 21.9. The van der Waals surface area contributed by atoms with Gasteiger partial charge in [-0.3, -0.25) is 0 Å². The minimum atomic E-state index is 0.0978. The van der Waals surface area contributed by atoms with Crippen molar-refractivity contribution in [3.63, 3.8) is 0 Å². The molecular weight excluding hydrogens is 443 g/mol. The second kappa shape index (κ2) is 7.44. The molecule has 1 aliphatic carbocycles. The Kier molecular flexibility index (Phi) is 4.64. The number of imidazole rings is 1. The minimum absolute atomic E-state index is 0.0978. The molecule has 1 spiro atoms. The van der Waals surface area contributed by atoms with Gasteiger partial charge in [0.15, 0.2) is 5.65 Å². The van der Waals surface area contributed by atoms with Gasteiger partial charge in [0, 0.05) is 24.7 Å². The van der Waals surface area contributed by atoms with Crippen LogP contribution in [-0.2, 0) is 6.42 Å². The highest BCUT2D eigenvalue weighted by Crippen LogP contribution is 2.50. The predicted molar refractivity (Wildman–Crippen MR) is 128 cm³/mol. The van der Waals surface area contributed by atoms with Crippen molar-refractivity contribution in [2.45, 2.75) is 25.3 Å². The molecular formula is C24H22Cl2N6. The maximum absolute atomic E-state index is 6.71. The number of fused-ring (bicyclic) bond motifs is 2. The molecule has 3 heterocycles. The number of anilines is 1. The molecule has 1 aliphatic heterocycles. The maximum atomic E-state index is 6.71. The van der Waals surface area contributed by atoms with Crippen molar-refractivity contribution in [2.24, 2.45) is 11.1 Å². The molecule has 3 N–H and O–H groups in total. The molecule has 0 saturated carbocycles. The van der Waals surface area contributed by atoms with Crippen molar-refractivity contribution in [3.05, 3.63) is 69.8 Å². The Bertz CT molecular complexity index is 1330. The molecule has 0 amide bonds. The van der Waals surface area contributed by atoms with Crippen LogP contribution < -0.4 is 10.6 Å². The minimum Gasteiger partial charge on any atom is -0.341 e. The number of aromatic nitrogens is 4. The van der Waals surface area contributed by atoms with Crippen LogP contribution in [0.1, 0.15) is 30.0 Å². The van der Waals surface area contributed by atoms with Gasteiger partial charge in [-0.1, -0.05) is 53.5 Å². The summed E-state index contributed by atoms with van der Waals surface area (Å²) in [5.41, 5.74) is 11.7. The number of rotatable bonds is 2. The molecule has 0 bridgehead atoms. The van der Waals surface area contributed by atoms with Gasteiger partial charge in [-0.15, -0.1) is 0 Å². The Morgan fingerprint density at radius 3 is 2.66 bits per heavy atom. The van der Waals surface area contributed by atoms with E-state index in [-0.39, 0.29) is 11.5 Å². The number of benzene rings is 2. The average Bonchev–Trinajstić information content (AvgIpc) is 3.35. The third-order valence-corrected chi connectivity index (χ3v) is 7.89. The Balaban J connectivity index is 1.24. The first-order chi connectivity index (χ1) is 15.5. The number of nitrogens with zero attached hydrogens (tertiary/aromatic N) is 4. The molecule has 6 nitrogen and oxygen atoms in total. The molecule has 2 aliphatic rings. The van der Waals surface area contributed by atoms with Crippen LogP contribution in [0.25, 0.3) is 22.6 Å². The topological polar surface area (TPSA) is 83.7 Å².